The predicted molar refractivity (Wildman–Crippen MR) is 95.9 cm³/mol. The van der Waals surface area contributed by atoms with E-state index in [1.807, 2.05) is 0 Å². The monoisotopic (exact) mass is 380 g/mol. The average Bonchev–Trinajstić information content (AvgIpc) is 2.60. The van der Waals surface area contributed by atoms with Crippen LogP contribution in [0.1, 0.15) is 29.3 Å². The second kappa shape index (κ2) is 7.03. The summed E-state index contributed by atoms with van der Waals surface area (Å²) in [6, 6.07) is 7.98. The van der Waals surface area contributed by atoms with E-state index >= 15 is 0 Å². The molecule has 2 aromatic carbocycles. The van der Waals surface area contributed by atoms with E-state index < -0.39 is 33.1 Å². The van der Waals surface area contributed by atoms with Crippen LogP contribution in [0, 0.1) is 11.6 Å². The summed E-state index contributed by atoms with van der Waals surface area (Å²) in [5, 5.41) is 2.47. The Labute approximate surface area is 150 Å². The number of fused-ring (bicyclic) bond motifs is 1. The van der Waals surface area contributed by atoms with Crippen molar-refractivity contribution >= 4 is 27.3 Å². The first-order valence-corrected chi connectivity index (χ1v) is 9.83. The average molecular weight is 380 g/mol. The van der Waals surface area contributed by atoms with Gasteiger partial charge >= 0.3 is 0 Å². The van der Waals surface area contributed by atoms with Gasteiger partial charge in [0.05, 0.1) is 11.4 Å². The first-order chi connectivity index (χ1) is 12.3. The van der Waals surface area contributed by atoms with Gasteiger partial charge in [0, 0.05) is 12.2 Å². The van der Waals surface area contributed by atoms with Gasteiger partial charge in [-0.2, -0.15) is 0 Å². The summed E-state index contributed by atoms with van der Waals surface area (Å²) in [4.78, 5) is 12.2. The van der Waals surface area contributed by atoms with E-state index in [0.29, 0.717) is 30.8 Å². The van der Waals surface area contributed by atoms with Crippen LogP contribution in [-0.4, -0.2) is 26.6 Å². The molecule has 2 aromatic rings. The van der Waals surface area contributed by atoms with Crippen molar-refractivity contribution in [1.29, 1.82) is 0 Å². The summed E-state index contributed by atoms with van der Waals surface area (Å²) in [6.07, 6.45) is 1.31. The SMILES string of the molecule is CCS(=O)(=O)N1CCCc2cc(NC(=O)c3c(F)cccc3F)ccc21. The van der Waals surface area contributed by atoms with Gasteiger partial charge in [-0.25, -0.2) is 17.2 Å². The van der Waals surface area contributed by atoms with E-state index in [9.17, 15) is 22.0 Å². The van der Waals surface area contributed by atoms with Gasteiger partial charge in [-0.1, -0.05) is 6.07 Å². The molecule has 1 aliphatic rings. The molecule has 1 amide bonds. The van der Waals surface area contributed by atoms with Crippen LogP contribution >= 0.6 is 0 Å². The molecule has 0 unspecified atom stereocenters. The number of amides is 1. The van der Waals surface area contributed by atoms with Crippen molar-refractivity contribution in [3.05, 3.63) is 59.2 Å². The summed E-state index contributed by atoms with van der Waals surface area (Å²) in [5.74, 6) is -2.78. The molecule has 0 saturated heterocycles. The maximum absolute atomic E-state index is 13.7. The highest BCUT2D eigenvalue weighted by molar-refractivity contribution is 7.92. The molecule has 0 atom stereocenters. The maximum atomic E-state index is 13.7. The molecule has 0 aliphatic carbocycles. The van der Waals surface area contributed by atoms with Crippen LogP contribution in [0.3, 0.4) is 0 Å². The van der Waals surface area contributed by atoms with Crippen molar-refractivity contribution < 1.29 is 22.0 Å². The molecule has 0 spiro atoms. The van der Waals surface area contributed by atoms with Crippen LogP contribution in [0.4, 0.5) is 20.2 Å². The zero-order valence-electron chi connectivity index (χ0n) is 14.1. The van der Waals surface area contributed by atoms with Gasteiger partial charge in [0.2, 0.25) is 10.0 Å². The summed E-state index contributed by atoms with van der Waals surface area (Å²) in [6.45, 7) is 2.00. The molecule has 1 aliphatic heterocycles. The third-order valence-corrected chi connectivity index (χ3v) is 6.08. The molecule has 0 saturated carbocycles. The number of anilines is 2. The Morgan fingerprint density at radius 2 is 1.88 bits per heavy atom. The van der Waals surface area contributed by atoms with Gasteiger partial charge in [-0.15, -0.1) is 0 Å². The molecule has 1 N–H and O–H groups in total. The number of rotatable bonds is 4. The number of halogens is 2. The van der Waals surface area contributed by atoms with E-state index in [-0.39, 0.29) is 5.75 Å². The second-order valence-electron chi connectivity index (χ2n) is 5.97. The van der Waals surface area contributed by atoms with Crippen molar-refractivity contribution in [2.75, 3.05) is 21.9 Å². The summed E-state index contributed by atoms with van der Waals surface area (Å²) in [7, 11) is -3.38. The summed E-state index contributed by atoms with van der Waals surface area (Å²) < 4.78 is 53.2. The Hall–Kier alpha value is -2.48. The molecular weight excluding hydrogens is 362 g/mol. The highest BCUT2D eigenvalue weighted by Crippen LogP contribution is 2.32. The van der Waals surface area contributed by atoms with Crippen LogP contribution in [-0.2, 0) is 16.4 Å². The second-order valence-corrected chi connectivity index (χ2v) is 8.15. The number of nitrogens with one attached hydrogen (secondary N) is 1. The highest BCUT2D eigenvalue weighted by Gasteiger charge is 2.26. The zero-order chi connectivity index (χ0) is 18.9. The molecule has 1 heterocycles. The molecule has 138 valence electrons. The number of aryl methyl sites for hydroxylation is 1. The number of carbonyl (C=O) groups is 1. The highest BCUT2D eigenvalue weighted by atomic mass is 32.2. The van der Waals surface area contributed by atoms with Crippen molar-refractivity contribution in [2.45, 2.75) is 19.8 Å². The van der Waals surface area contributed by atoms with Gasteiger partial charge in [-0.05, 0) is 55.7 Å². The fourth-order valence-electron chi connectivity index (χ4n) is 2.99. The lowest BCUT2D eigenvalue weighted by molar-refractivity contribution is 0.101. The van der Waals surface area contributed by atoms with Crippen molar-refractivity contribution in [2.24, 2.45) is 0 Å². The lowest BCUT2D eigenvalue weighted by Crippen LogP contribution is -2.36. The number of nitrogens with zero attached hydrogens (tertiary/aromatic N) is 1. The Kier molecular flexibility index (Phi) is 4.95. The third kappa shape index (κ3) is 3.41. The van der Waals surface area contributed by atoms with Crippen LogP contribution in [0.2, 0.25) is 0 Å². The predicted octanol–water partition coefficient (Wildman–Crippen LogP) is 3.32. The minimum atomic E-state index is -3.38. The number of benzene rings is 2. The van der Waals surface area contributed by atoms with Crippen LogP contribution in [0.15, 0.2) is 36.4 Å². The van der Waals surface area contributed by atoms with E-state index in [0.717, 1.165) is 17.7 Å². The molecular formula is C18H18F2N2O3S. The summed E-state index contributed by atoms with van der Waals surface area (Å²) >= 11 is 0. The fourth-order valence-corrected chi connectivity index (χ4v) is 4.19. The van der Waals surface area contributed by atoms with E-state index in [1.54, 1.807) is 19.1 Å². The largest absolute Gasteiger partial charge is 0.322 e. The topological polar surface area (TPSA) is 66.5 Å². The van der Waals surface area contributed by atoms with Gasteiger partial charge in [0.15, 0.2) is 0 Å². The minimum absolute atomic E-state index is 0.00249. The van der Waals surface area contributed by atoms with Crippen molar-refractivity contribution in [1.82, 2.24) is 0 Å². The number of hydrogen-bond acceptors (Lipinski definition) is 3. The smallest absolute Gasteiger partial charge is 0.261 e. The quantitative estimate of drug-likeness (QED) is 0.885. The lowest BCUT2D eigenvalue weighted by atomic mass is 10.0. The number of hydrogen-bond donors (Lipinski definition) is 1. The number of sulfonamides is 1. The Balaban J connectivity index is 1.89. The molecule has 0 bridgehead atoms. The molecule has 26 heavy (non-hydrogen) atoms. The number of carbonyl (C=O) groups excluding carboxylic acids is 1. The Morgan fingerprint density at radius 1 is 1.19 bits per heavy atom. The Bertz CT molecular complexity index is 941. The first kappa shape index (κ1) is 18.3. The van der Waals surface area contributed by atoms with Gasteiger partial charge in [0.25, 0.3) is 5.91 Å². The van der Waals surface area contributed by atoms with Crippen molar-refractivity contribution in [3.63, 3.8) is 0 Å². The van der Waals surface area contributed by atoms with Crippen LogP contribution < -0.4 is 9.62 Å². The molecule has 0 aromatic heterocycles. The van der Waals surface area contributed by atoms with E-state index in [4.69, 9.17) is 0 Å². The first-order valence-electron chi connectivity index (χ1n) is 8.22. The van der Waals surface area contributed by atoms with Gasteiger partial charge in [0.1, 0.15) is 17.2 Å². The molecule has 5 nitrogen and oxygen atoms in total. The molecule has 8 heteroatoms. The molecule has 0 radical (unpaired) electrons. The van der Waals surface area contributed by atoms with Gasteiger partial charge < -0.3 is 5.32 Å². The Morgan fingerprint density at radius 3 is 2.54 bits per heavy atom. The van der Waals surface area contributed by atoms with Crippen LogP contribution in [0.25, 0.3) is 0 Å². The van der Waals surface area contributed by atoms with E-state index in [1.165, 1.54) is 16.4 Å². The maximum Gasteiger partial charge on any atom is 0.261 e. The molecule has 3 rings (SSSR count). The van der Waals surface area contributed by atoms with Crippen LogP contribution in [0.5, 0.6) is 0 Å². The van der Waals surface area contributed by atoms with Gasteiger partial charge in [-0.3, -0.25) is 9.10 Å². The lowest BCUT2D eigenvalue weighted by Gasteiger charge is -2.30. The van der Waals surface area contributed by atoms with Crippen molar-refractivity contribution in [3.8, 4) is 0 Å². The zero-order valence-corrected chi connectivity index (χ0v) is 14.9. The standard InChI is InChI=1S/C18H18F2N2O3S/c1-2-26(24,25)22-10-4-5-12-11-13(8-9-16(12)22)21-18(23)17-14(19)6-3-7-15(17)20/h3,6-9,11H,2,4-5,10H2,1H3,(H,21,23). The summed E-state index contributed by atoms with van der Waals surface area (Å²) in [5.41, 5.74) is 1.04. The minimum Gasteiger partial charge on any atom is -0.322 e. The van der Waals surface area contributed by atoms with E-state index in [2.05, 4.69) is 5.32 Å². The fraction of sp³-hybridized carbons (Fsp3) is 0.278. The normalized spacial score (nSPS) is 14.0. The third-order valence-electron chi connectivity index (χ3n) is 4.30. The molecule has 0 fully saturated rings.